The summed E-state index contributed by atoms with van der Waals surface area (Å²) in [6.07, 6.45) is 2.36. The molecule has 2 N–H and O–H groups in total. The van der Waals surface area contributed by atoms with E-state index in [4.69, 9.17) is 9.84 Å². The van der Waals surface area contributed by atoms with E-state index in [-0.39, 0.29) is 12.3 Å². The molecule has 0 spiro atoms. The zero-order valence-corrected chi connectivity index (χ0v) is 15.7. The molecule has 0 aliphatic heterocycles. The van der Waals surface area contributed by atoms with Crippen molar-refractivity contribution in [3.63, 3.8) is 0 Å². The van der Waals surface area contributed by atoms with Crippen LogP contribution in [0.2, 0.25) is 0 Å². The predicted octanol–water partition coefficient (Wildman–Crippen LogP) is 2.68. The fraction of sp³-hybridized carbons (Fsp3) is 0.353. The number of benzene rings is 1. The highest BCUT2D eigenvalue weighted by Crippen LogP contribution is 2.27. The first-order valence-corrected chi connectivity index (χ1v) is 9.90. The van der Waals surface area contributed by atoms with Gasteiger partial charge in [0.15, 0.2) is 0 Å². The Morgan fingerprint density at radius 1 is 1.44 bits per heavy atom. The largest absolute Gasteiger partial charge is 0.497 e. The van der Waals surface area contributed by atoms with Gasteiger partial charge in [0.2, 0.25) is 5.91 Å². The third-order valence-electron chi connectivity index (χ3n) is 3.45. The number of nitrogens with zero attached hydrogens (tertiary/aromatic N) is 1. The van der Waals surface area contributed by atoms with Crippen LogP contribution in [0.25, 0.3) is 10.6 Å². The van der Waals surface area contributed by atoms with E-state index in [9.17, 15) is 9.59 Å². The number of thiazole rings is 1. The Kier molecular flexibility index (Phi) is 7.27. The molecule has 2 rings (SSSR count). The lowest BCUT2D eigenvalue weighted by Gasteiger charge is -2.13. The number of hydrogen-bond acceptors (Lipinski definition) is 6. The van der Waals surface area contributed by atoms with E-state index < -0.39 is 12.0 Å². The number of methoxy groups -OCH3 is 1. The lowest BCUT2D eigenvalue weighted by Crippen LogP contribution is -2.41. The molecule has 0 saturated carbocycles. The van der Waals surface area contributed by atoms with Gasteiger partial charge in [0.25, 0.3) is 0 Å². The molecule has 6 nitrogen and oxygen atoms in total. The number of carboxylic acids is 1. The van der Waals surface area contributed by atoms with Crippen molar-refractivity contribution in [2.24, 2.45) is 0 Å². The van der Waals surface area contributed by atoms with Gasteiger partial charge in [-0.2, -0.15) is 11.8 Å². The Morgan fingerprint density at radius 2 is 2.24 bits per heavy atom. The van der Waals surface area contributed by atoms with Gasteiger partial charge in [0.1, 0.15) is 16.8 Å². The molecule has 1 heterocycles. The quantitative estimate of drug-likeness (QED) is 0.695. The number of ether oxygens (including phenoxy) is 1. The zero-order valence-electron chi connectivity index (χ0n) is 14.0. The third kappa shape index (κ3) is 5.75. The van der Waals surface area contributed by atoms with Crippen LogP contribution in [0.15, 0.2) is 29.6 Å². The van der Waals surface area contributed by atoms with Crippen LogP contribution in [0.1, 0.15) is 12.1 Å². The number of carbonyl (C=O) groups excluding carboxylic acids is 1. The number of hydrogen-bond donors (Lipinski definition) is 2. The van der Waals surface area contributed by atoms with Crippen molar-refractivity contribution in [1.29, 1.82) is 0 Å². The lowest BCUT2D eigenvalue weighted by atomic mass is 10.2. The van der Waals surface area contributed by atoms with Crippen LogP contribution in [0, 0.1) is 0 Å². The minimum absolute atomic E-state index is 0.0590. The highest BCUT2D eigenvalue weighted by atomic mass is 32.2. The maximum absolute atomic E-state index is 12.1. The molecule has 25 heavy (non-hydrogen) atoms. The van der Waals surface area contributed by atoms with Crippen molar-refractivity contribution in [2.45, 2.75) is 18.9 Å². The Hall–Kier alpha value is -2.06. The molecular weight excluding hydrogens is 360 g/mol. The second-order valence-corrected chi connectivity index (χ2v) is 7.14. The lowest BCUT2D eigenvalue weighted by molar-refractivity contribution is -0.141. The average Bonchev–Trinajstić information content (AvgIpc) is 3.06. The summed E-state index contributed by atoms with van der Waals surface area (Å²) in [7, 11) is 1.60. The number of carboxylic acid groups (broad SMARTS) is 1. The molecule has 1 aromatic carbocycles. The zero-order chi connectivity index (χ0) is 18.2. The first-order valence-electron chi connectivity index (χ1n) is 7.63. The molecule has 1 unspecified atom stereocenters. The predicted molar refractivity (Wildman–Crippen MR) is 100 cm³/mol. The van der Waals surface area contributed by atoms with Crippen molar-refractivity contribution >= 4 is 35.0 Å². The standard InChI is InChI=1S/C17H20N2O4S2/c1-23-13-5-3-4-11(8-13)16-18-12(10-25-16)9-15(20)19-14(17(21)22)6-7-24-2/h3-5,8,10,14H,6-7,9H2,1-2H3,(H,19,20)(H,21,22). The van der Waals surface area contributed by atoms with Gasteiger partial charge < -0.3 is 15.2 Å². The number of aliphatic carboxylic acids is 1. The number of nitrogens with one attached hydrogen (secondary N) is 1. The summed E-state index contributed by atoms with van der Waals surface area (Å²) in [6, 6.07) is 6.67. The third-order valence-corrected chi connectivity index (χ3v) is 5.04. The van der Waals surface area contributed by atoms with E-state index in [1.54, 1.807) is 18.9 Å². The Labute approximate surface area is 154 Å². The van der Waals surface area contributed by atoms with E-state index in [2.05, 4.69) is 10.3 Å². The van der Waals surface area contributed by atoms with Crippen LogP contribution >= 0.6 is 23.1 Å². The van der Waals surface area contributed by atoms with Crippen LogP contribution < -0.4 is 10.1 Å². The van der Waals surface area contributed by atoms with Crippen LogP contribution in [-0.2, 0) is 16.0 Å². The van der Waals surface area contributed by atoms with E-state index in [1.165, 1.54) is 11.3 Å². The summed E-state index contributed by atoms with van der Waals surface area (Å²) in [6.45, 7) is 0. The topological polar surface area (TPSA) is 88.5 Å². The summed E-state index contributed by atoms with van der Waals surface area (Å²) < 4.78 is 5.20. The highest BCUT2D eigenvalue weighted by molar-refractivity contribution is 7.98. The van der Waals surface area contributed by atoms with E-state index in [0.717, 1.165) is 16.3 Å². The second-order valence-electron chi connectivity index (χ2n) is 5.29. The molecule has 0 radical (unpaired) electrons. The van der Waals surface area contributed by atoms with Gasteiger partial charge in [-0.1, -0.05) is 12.1 Å². The number of carbonyl (C=O) groups is 2. The fourth-order valence-electron chi connectivity index (χ4n) is 2.18. The Bertz CT molecular complexity index is 733. The molecule has 0 fully saturated rings. The molecule has 0 saturated heterocycles. The van der Waals surface area contributed by atoms with Gasteiger partial charge in [-0.25, -0.2) is 9.78 Å². The van der Waals surface area contributed by atoms with Crippen LogP contribution in [0.5, 0.6) is 5.75 Å². The molecule has 0 aliphatic rings. The number of thioether (sulfide) groups is 1. The molecule has 1 aromatic heterocycles. The molecule has 134 valence electrons. The van der Waals surface area contributed by atoms with E-state index >= 15 is 0 Å². The van der Waals surface area contributed by atoms with Crippen molar-refractivity contribution in [1.82, 2.24) is 10.3 Å². The SMILES string of the molecule is COc1cccc(-c2nc(CC(=O)NC(CCSC)C(=O)O)cs2)c1. The molecule has 2 aromatic rings. The monoisotopic (exact) mass is 380 g/mol. The smallest absolute Gasteiger partial charge is 0.326 e. The van der Waals surface area contributed by atoms with Crippen molar-refractivity contribution < 1.29 is 19.4 Å². The summed E-state index contributed by atoms with van der Waals surface area (Å²) in [5.41, 5.74) is 1.54. The average molecular weight is 380 g/mol. The van der Waals surface area contributed by atoms with Gasteiger partial charge in [-0.15, -0.1) is 11.3 Å². The first-order chi connectivity index (χ1) is 12.0. The molecule has 0 aliphatic carbocycles. The molecule has 0 bridgehead atoms. The van der Waals surface area contributed by atoms with Gasteiger partial charge in [-0.05, 0) is 30.6 Å². The number of amides is 1. The normalized spacial score (nSPS) is 11.8. The van der Waals surface area contributed by atoms with E-state index in [1.807, 2.05) is 35.9 Å². The van der Waals surface area contributed by atoms with Crippen LogP contribution in [-0.4, -0.2) is 47.1 Å². The minimum atomic E-state index is -1.02. The first kappa shape index (κ1) is 19.3. The van der Waals surface area contributed by atoms with Gasteiger partial charge >= 0.3 is 5.97 Å². The number of aromatic nitrogens is 1. The van der Waals surface area contributed by atoms with Gasteiger partial charge in [0, 0.05) is 10.9 Å². The van der Waals surface area contributed by atoms with Gasteiger partial charge in [-0.3, -0.25) is 4.79 Å². The van der Waals surface area contributed by atoms with E-state index in [0.29, 0.717) is 17.9 Å². The minimum Gasteiger partial charge on any atom is -0.497 e. The van der Waals surface area contributed by atoms with Crippen LogP contribution in [0.4, 0.5) is 0 Å². The summed E-state index contributed by atoms with van der Waals surface area (Å²) >= 11 is 2.98. The Balaban J connectivity index is 2.00. The Morgan fingerprint density at radius 3 is 2.92 bits per heavy atom. The molecular formula is C17H20N2O4S2. The van der Waals surface area contributed by atoms with Crippen molar-refractivity contribution in [3.05, 3.63) is 35.3 Å². The van der Waals surface area contributed by atoms with Gasteiger partial charge in [0.05, 0.1) is 19.2 Å². The maximum atomic E-state index is 12.1. The maximum Gasteiger partial charge on any atom is 0.326 e. The highest BCUT2D eigenvalue weighted by Gasteiger charge is 2.20. The summed E-state index contributed by atoms with van der Waals surface area (Å²) in [4.78, 5) is 27.8. The second kappa shape index (κ2) is 9.43. The summed E-state index contributed by atoms with van der Waals surface area (Å²) in [5, 5.41) is 14.3. The molecule has 1 amide bonds. The molecule has 8 heteroatoms. The fourth-order valence-corrected chi connectivity index (χ4v) is 3.47. The van der Waals surface area contributed by atoms with Crippen molar-refractivity contribution in [2.75, 3.05) is 19.1 Å². The van der Waals surface area contributed by atoms with Crippen molar-refractivity contribution in [3.8, 4) is 16.3 Å². The number of rotatable bonds is 9. The van der Waals surface area contributed by atoms with Crippen LogP contribution in [0.3, 0.4) is 0 Å². The summed E-state index contributed by atoms with van der Waals surface area (Å²) in [5.74, 6) is 0.0623. The molecule has 1 atom stereocenters.